The Kier molecular flexibility index (Phi) is 4.29. The minimum atomic E-state index is -1.21. The number of carbonyl (C=O) groups excluding carboxylic acids is 1. The van der Waals surface area contributed by atoms with E-state index < -0.39 is 28.8 Å². The molecule has 6 heteroatoms. The zero-order valence-corrected chi connectivity index (χ0v) is 12.9. The Balaban J connectivity index is 2.59. The van der Waals surface area contributed by atoms with Crippen LogP contribution < -0.4 is 0 Å². The molecule has 0 spiro atoms. The zero-order chi connectivity index (χ0) is 14.2. The molecule has 0 N–H and O–H groups in total. The number of rotatable bonds is 2. The van der Waals surface area contributed by atoms with Gasteiger partial charge in [0.05, 0.1) is 5.56 Å². The summed E-state index contributed by atoms with van der Waals surface area (Å²) in [7, 11) is 0. The third-order valence-corrected chi connectivity index (χ3v) is 3.84. The summed E-state index contributed by atoms with van der Waals surface area (Å²) in [6, 6.07) is 5.78. The molecule has 0 aromatic heterocycles. The van der Waals surface area contributed by atoms with Crippen molar-refractivity contribution in [3.8, 4) is 0 Å². The monoisotopic (exact) mass is 440 g/mol. The molecule has 1 nitrogen and oxygen atoms in total. The highest BCUT2D eigenvalue weighted by molar-refractivity contribution is 14.1. The fourth-order valence-corrected chi connectivity index (χ4v) is 2.51. The Morgan fingerprint density at radius 1 is 1.05 bits per heavy atom. The average molecular weight is 441 g/mol. The van der Waals surface area contributed by atoms with Crippen LogP contribution in [0.25, 0.3) is 0 Å². The van der Waals surface area contributed by atoms with Crippen molar-refractivity contribution < 1.29 is 18.0 Å². The smallest absolute Gasteiger partial charge is 0.200 e. The van der Waals surface area contributed by atoms with Crippen LogP contribution in [-0.4, -0.2) is 5.78 Å². The molecule has 0 aliphatic rings. The van der Waals surface area contributed by atoms with Gasteiger partial charge in [0.2, 0.25) is 0 Å². The number of ketones is 1. The highest BCUT2D eigenvalue weighted by Crippen LogP contribution is 2.24. The quantitative estimate of drug-likeness (QED) is 0.488. The van der Waals surface area contributed by atoms with Crippen molar-refractivity contribution in [2.24, 2.45) is 0 Å². The highest BCUT2D eigenvalue weighted by atomic mass is 127. The van der Waals surface area contributed by atoms with E-state index in [0.29, 0.717) is 20.2 Å². The molecular formula is C13H5BrF3IO. The first-order valence-electron chi connectivity index (χ1n) is 5.04. The fourth-order valence-electron chi connectivity index (χ4n) is 1.57. The second-order valence-electron chi connectivity index (χ2n) is 3.70. The number of benzene rings is 2. The van der Waals surface area contributed by atoms with Crippen LogP contribution >= 0.6 is 38.5 Å². The summed E-state index contributed by atoms with van der Waals surface area (Å²) in [5.74, 6) is -4.30. The third kappa shape index (κ3) is 3.00. The summed E-state index contributed by atoms with van der Waals surface area (Å²) in [5.41, 5.74) is -0.600. The Morgan fingerprint density at radius 3 is 2.21 bits per heavy atom. The van der Waals surface area contributed by atoms with Crippen LogP contribution in [0.15, 0.2) is 34.8 Å². The van der Waals surface area contributed by atoms with Crippen molar-refractivity contribution in [1.82, 2.24) is 0 Å². The summed E-state index contributed by atoms with van der Waals surface area (Å²) < 4.78 is 41.1. The molecule has 2 rings (SSSR count). The van der Waals surface area contributed by atoms with E-state index >= 15 is 0 Å². The molecule has 0 aliphatic heterocycles. The van der Waals surface area contributed by atoms with Gasteiger partial charge in [-0.1, -0.05) is 15.9 Å². The molecule has 98 valence electrons. The van der Waals surface area contributed by atoms with E-state index in [1.165, 1.54) is 6.07 Å². The molecule has 0 saturated carbocycles. The number of halogens is 5. The summed E-state index contributed by atoms with van der Waals surface area (Å²) >= 11 is 5.07. The van der Waals surface area contributed by atoms with Gasteiger partial charge in [0, 0.05) is 25.7 Å². The zero-order valence-electron chi connectivity index (χ0n) is 9.18. The van der Waals surface area contributed by atoms with Gasteiger partial charge in [-0.15, -0.1) is 0 Å². The van der Waals surface area contributed by atoms with Crippen molar-refractivity contribution in [2.75, 3.05) is 0 Å². The maximum atomic E-state index is 13.6. The second kappa shape index (κ2) is 5.62. The van der Waals surface area contributed by atoms with Gasteiger partial charge < -0.3 is 0 Å². The Hall–Kier alpha value is -0.890. The van der Waals surface area contributed by atoms with Gasteiger partial charge in [-0.3, -0.25) is 4.79 Å². The van der Waals surface area contributed by atoms with Gasteiger partial charge in [-0.25, -0.2) is 13.2 Å². The maximum Gasteiger partial charge on any atom is 0.200 e. The van der Waals surface area contributed by atoms with Gasteiger partial charge in [0.25, 0.3) is 0 Å². The van der Waals surface area contributed by atoms with Crippen LogP contribution in [0.5, 0.6) is 0 Å². The van der Waals surface area contributed by atoms with Gasteiger partial charge in [0.1, 0.15) is 17.5 Å². The lowest BCUT2D eigenvalue weighted by molar-refractivity contribution is 0.103. The normalized spacial score (nSPS) is 10.6. The predicted octanol–water partition coefficient (Wildman–Crippen LogP) is 4.70. The molecule has 0 bridgehead atoms. The molecule has 0 saturated heterocycles. The molecule has 0 unspecified atom stereocenters. The molecule has 0 fully saturated rings. The van der Waals surface area contributed by atoms with E-state index in [2.05, 4.69) is 15.9 Å². The van der Waals surface area contributed by atoms with E-state index in [4.69, 9.17) is 0 Å². The average Bonchev–Trinajstić information content (AvgIpc) is 2.30. The fraction of sp³-hybridized carbons (Fsp3) is 0. The summed E-state index contributed by atoms with van der Waals surface area (Å²) in [5, 5.41) is 0. The SMILES string of the molecule is O=C(c1cc(Br)ccc1I)c1c(F)cc(F)cc1F. The van der Waals surface area contributed by atoms with Crippen molar-refractivity contribution >= 4 is 44.3 Å². The summed E-state index contributed by atoms with van der Waals surface area (Å²) in [4.78, 5) is 12.1. The van der Waals surface area contributed by atoms with Crippen LogP contribution in [0.3, 0.4) is 0 Å². The lowest BCUT2D eigenvalue weighted by Gasteiger charge is -2.07. The molecule has 2 aromatic carbocycles. The van der Waals surface area contributed by atoms with Gasteiger partial charge in [-0.05, 0) is 40.8 Å². The van der Waals surface area contributed by atoms with Crippen LogP contribution in [0, 0.1) is 21.0 Å². The molecule has 0 atom stereocenters. The molecule has 0 heterocycles. The van der Waals surface area contributed by atoms with E-state index in [-0.39, 0.29) is 5.56 Å². The van der Waals surface area contributed by atoms with Crippen molar-refractivity contribution in [2.45, 2.75) is 0 Å². The van der Waals surface area contributed by atoms with Gasteiger partial charge >= 0.3 is 0 Å². The van der Waals surface area contributed by atoms with Crippen molar-refractivity contribution in [3.63, 3.8) is 0 Å². The standard InChI is InChI=1S/C13H5BrF3IO/c14-6-1-2-11(18)8(3-6)13(19)12-9(16)4-7(15)5-10(12)17/h1-5H. The number of hydrogen-bond donors (Lipinski definition) is 0. The topological polar surface area (TPSA) is 17.1 Å². The van der Waals surface area contributed by atoms with Crippen molar-refractivity contribution in [1.29, 1.82) is 0 Å². The molecule has 0 aliphatic carbocycles. The Morgan fingerprint density at radius 2 is 1.63 bits per heavy atom. The third-order valence-electron chi connectivity index (χ3n) is 2.41. The Labute approximate surface area is 129 Å². The molecule has 0 amide bonds. The molecule has 19 heavy (non-hydrogen) atoms. The van der Waals surface area contributed by atoms with Gasteiger partial charge in [0.15, 0.2) is 5.78 Å². The van der Waals surface area contributed by atoms with Crippen molar-refractivity contribution in [3.05, 3.63) is 67.0 Å². The molecular weight excluding hydrogens is 436 g/mol. The number of hydrogen-bond acceptors (Lipinski definition) is 1. The Bertz CT molecular complexity index is 650. The van der Waals surface area contributed by atoms with Crippen LogP contribution in [-0.2, 0) is 0 Å². The van der Waals surface area contributed by atoms with Crippen LogP contribution in [0.2, 0.25) is 0 Å². The molecule has 2 aromatic rings. The minimum Gasteiger partial charge on any atom is -0.288 e. The summed E-state index contributed by atoms with van der Waals surface area (Å²) in [6.07, 6.45) is 0. The molecule has 0 radical (unpaired) electrons. The first-order chi connectivity index (χ1) is 8.90. The highest BCUT2D eigenvalue weighted by Gasteiger charge is 2.22. The largest absolute Gasteiger partial charge is 0.288 e. The second-order valence-corrected chi connectivity index (χ2v) is 5.78. The first-order valence-corrected chi connectivity index (χ1v) is 6.91. The maximum absolute atomic E-state index is 13.6. The van der Waals surface area contributed by atoms with Gasteiger partial charge in [-0.2, -0.15) is 0 Å². The van der Waals surface area contributed by atoms with Crippen LogP contribution in [0.4, 0.5) is 13.2 Å². The minimum absolute atomic E-state index is 0.152. The van der Waals surface area contributed by atoms with Crippen LogP contribution in [0.1, 0.15) is 15.9 Å². The van der Waals surface area contributed by atoms with E-state index in [1.807, 2.05) is 22.6 Å². The van der Waals surface area contributed by atoms with E-state index in [9.17, 15) is 18.0 Å². The van der Waals surface area contributed by atoms with E-state index in [0.717, 1.165) is 0 Å². The summed E-state index contributed by atoms with van der Waals surface area (Å²) in [6.45, 7) is 0. The van der Waals surface area contributed by atoms with E-state index in [1.54, 1.807) is 12.1 Å². The predicted molar refractivity (Wildman–Crippen MR) is 76.6 cm³/mol. The number of carbonyl (C=O) groups is 1. The lowest BCUT2D eigenvalue weighted by Crippen LogP contribution is -2.10. The lowest BCUT2D eigenvalue weighted by atomic mass is 10.0. The first kappa shape index (κ1) is 14.5.